The number of hydrogen-bond acceptors (Lipinski definition) is 5. The van der Waals surface area contributed by atoms with Crippen LogP contribution in [0.3, 0.4) is 0 Å². The number of para-hydroxylation sites is 1. The molecule has 0 saturated heterocycles. The summed E-state index contributed by atoms with van der Waals surface area (Å²) in [5, 5.41) is 8.57. The van der Waals surface area contributed by atoms with Crippen molar-refractivity contribution in [1.82, 2.24) is 19.9 Å². The highest BCUT2D eigenvalue weighted by atomic mass is 32.1. The third-order valence-corrected chi connectivity index (χ3v) is 4.02. The number of nitrogens with one attached hydrogen (secondary N) is 1. The van der Waals surface area contributed by atoms with E-state index in [1.165, 1.54) is 16.9 Å². The van der Waals surface area contributed by atoms with Gasteiger partial charge in [-0.1, -0.05) is 35.7 Å². The van der Waals surface area contributed by atoms with Crippen molar-refractivity contribution in [3.05, 3.63) is 53.2 Å². The molecule has 1 unspecified atom stereocenters. The molecule has 0 bridgehead atoms. The molecule has 102 valence electrons. The molecule has 3 aromatic rings. The zero-order valence-electron chi connectivity index (χ0n) is 11.3. The number of aromatic nitrogens is 3. The van der Waals surface area contributed by atoms with Crippen LogP contribution in [-0.4, -0.2) is 21.1 Å². The smallest absolute Gasteiger partial charge is 0.0705 e. The molecule has 5 heteroatoms. The van der Waals surface area contributed by atoms with Gasteiger partial charge in [0.1, 0.15) is 0 Å². The molecule has 0 aliphatic heterocycles. The maximum Gasteiger partial charge on any atom is 0.0705 e. The Labute approximate surface area is 122 Å². The first-order valence-electron chi connectivity index (χ1n) is 6.72. The summed E-state index contributed by atoms with van der Waals surface area (Å²) in [4.78, 5) is 5.89. The van der Waals surface area contributed by atoms with E-state index in [1.807, 2.05) is 18.3 Å². The first kappa shape index (κ1) is 13.1. The van der Waals surface area contributed by atoms with Gasteiger partial charge in [0.2, 0.25) is 0 Å². The van der Waals surface area contributed by atoms with Gasteiger partial charge in [0.05, 0.1) is 22.6 Å². The standard InChI is InChI=1S/C15H16N4S/c1-2-16-14(15-10-17-19-20-15)9-12-8-7-11-5-3-4-6-13(11)18-12/h3-8,10,14,16H,2,9H2,1H3. The lowest BCUT2D eigenvalue weighted by atomic mass is 10.1. The molecule has 0 spiro atoms. The molecule has 0 fully saturated rings. The van der Waals surface area contributed by atoms with Gasteiger partial charge in [-0.05, 0) is 30.2 Å². The molecule has 2 aromatic heterocycles. The number of pyridine rings is 1. The summed E-state index contributed by atoms with van der Waals surface area (Å²) in [5.74, 6) is 0. The minimum absolute atomic E-state index is 0.230. The summed E-state index contributed by atoms with van der Waals surface area (Å²) in [6.07, 6.45) is 2.68. The van der Waals surface area contributed by atoms with Crippen LogP contribution in [0.15, 0.2) is 42.6 Å². The fraction of sp³-hybridized carbons (Fsp3) is 0.267. The first-order valence-corrected chi connectivity index (χ1v) is 7.49. The fourth-order valence-electron chi connectivity index (χ4n) is 2.28. The number of fused-ring (bicyclic) bond motifs is 1. The molecular weight excluding hydrogens is 268 g/mol. The minimum atomic E-state index is 0.230. The van der Waals surface area contributed by atoms with Crippen molar-refractivity contribution in [3.8, 4) is 0 Å². The van der Waals surface area contributed by atoms with Crippen molar-refractivity contribution < 1.29 is 0 Å². The van der Waals surface area contributed by atoms with E-state index in [0.717, 1.165) is 29.1 Å². The van der Waals surface area contributed by atoms with Crippen LogP contribution in [-0.2, 0) is 6.42 Å². The van der Waals surface area contributed by atoms with Gasteiger partial charge in [-0.2, -0.15) is 0 Å². The van der Waals surface area contributed by atoms with E-state index in [0.29, 0.717) is 0 Å². The van der Waals surface area contributed by atoms with Gasteiger partial charge < -0.3 is 5.32 Å². The molecule has 20 heavy (non-hydrogen) atoms. The lowest BCUT2D eigenvalue weighted by molar-refractivity contribution is 0.552. The van der Waals surface area contributed by atoms with Crippen LogP contribution in [0.4, 0.5) is 0 Å². The Balaban J connectivity index is 1.86. The van der Waals surface area contributed by atoms with Gasteiger partial charge in [-0.25, -0.2) is 0 Å². The summed E-state index contributed by atoms with van der Waals surface area (Å²) in [7, 11) is 0. The highest BCUT2D eigenvalue weighted by Gasteiger charge is 2.14. The number of rotatable bonds is 5. The predicted octanol–water partition coefficient (Wildman–Crippen LogP) is 2.98. The van der Waals surface area contributed by atoms with E-state index in [4.69, 9.17) is 4.98 Å². The van der Waals surface area contributed by atoms with E-state index in [2.05, 4.69) is 46.1 Å². The summed E-state index contributed by atoms with van der Waals surface area (Å²) in [6.45, 7) is 3.02. The van der Waals surface area contributed by atoms with Crippen LogP contribution in [0.25, 0.3) is 10.9 Å². The molecule has 1 N–H and O–H groups in total. The number of nitrogens with zero attached hydrogens (tertiary/aromatic N) is 3. The van der Waals surface area contributed by atoms with Gasteiger partial charge in [0.25, 0.3) is 0 Å². The predicted molar refractivity (Wildman–Crippen MR) is 81.8 cm³/mol. The zero-order valence-corrected chi connectivity index (χ0v) is 12.1. The molecule has 4 nitrogen and oxygen atoms in total. The Hall–Kier alpha value is -1.85. The summed E-state index contributed by atoms with van der Waals surface area (Å²) < 4.78 is 3.95. The minimum Gasteiger partial charge on any atom is -0.309 e. The second-order valence-corrected chi connectivity index (χ2v) is 5.45. The van der Waals surface area contributed by atoms with Crippen LogP contribution < -0.4 is 5.32 Å². The summed E-state index contributed by atoms with van der Waals surface area (Å²) in [5.41, 5.74) is 2.13. The Morgan fingerprint density at radius 1 is 1.20 bits per heavy atom. The van der Waals surface area contributed by atoms with E-state index in [1.54, 1.807) is 0 Å². The van der Waals surface area contributed by atoms with Gasteiger partial charge in [-0.3, -0.25) is 4.98 Å². The SMILES string of the molecule is CCNC(Cc1ccc2ccccc2n1)c1cnns1. The number of likely N-dealkylation sites (N-methyl/N-ethyl adjacent to an activating group) is 1. The molecule has 0 saturated carbocycles. The average Bonchev–Trinajstić information content (AvgIpc) is 3.01. The topological polar surface area (TPSA) is 50.7 Å². The zero-order chi connectivity index (χ0) is 13.8. The average molecular weight is 284 g/mol. The maximum atomic E-state index is 4.73. The fourth-order valence-corrected chi connectivity index (χ4v) is 2.86. The molecule has 1 atom stereocenters. The molecule has 0 aliphatic rings. The van der Waals surface area contributed by atoms with Crippen molar-refractivity contribution in [1.29, 1.82) is 0 Å². The Morgan fingerprint density at radius 3 is 2.90 bits per heavy atom. The first-order chi connectivity index (χ1) is 9.86. The Bertz CT molecular complexity index is 681. The lowest BCUT2D eigenvalue weighted by Gasteiger charge is -2.15. The molecular formula is C15H16N4S. The maximum absolute atomic E-state index is 4.73. The van der Waals surface area contributed by atoms with Crippen LogP contribution in [0, 0.1) is 0 Å². The van der Waals surface area contributed by atoms with Crippen LogP contribution in [0.5, 0.6) is 0 Å². The van der Waals surface area contributed by atoms with Crippen molar-refractivity contribution in [2.45, 2.75) is 19.4 Å². The van der Waals surface area contributed by atoms with Gasteiger partial charge in [0, 0.05) is 17.5 Å². The van der Waals surface area contributed by atoms with Crippen LogP contribution in [0.2, 0.25) is 0 Å². The molecule has 2 heterocycles. The highest BCUT2D eigenvalue weighted by Crippen LogP contribution is 2.21. The Morgan fingerprint density at radius 2 is 2.10 bits per heavy atom. The van der Waals surface area contributed by atoms with Crippen LogP contribution >= 0.6 is 11.5 Å². The van der Waals surface area contributed by atoms with Crippen molar-refractivity contribution in [2.24, 2.45) is 0 Å². The summed E-state index contributed by atoms with van der Waals surface area (Å²) >= 11 is 1.44. The van der Waals surface area contributed by atoms with Gasteiger partial charge in [-0.15, -0.1) is 5.10 Å². The molecule has 0 amide bonds. The van der Waals surface area contributed by atoms with Crippen LogP contribution in [0.1, 0.15) is 23.5 Å². The molecule has 0 aliphatic carbocycles. The molecule has 3 rings (SSSR count). The van der Waals surface area contributed by atoms with E-state index >= 15 is 0 Å². The lowest BCUT2D eigenvalue weighted by Crippen LogP contribution is -2.22. The van der Waals surface area contributed by atoms with Crippen molar-refractivity contribution >= 4 is 22.4 Å². The normalized spacial score (nSPS) is 12.7. The molecule has 1 aromatic carbocycles. The van der Waals surface area contributed by atoms with Gasteiger partial charge in [0.15, 0.2) is 0 Å². The quantitative estimate of drug-likeness (QED) is 0.782. The van der Waals surface area contributed by atoms with E-state index < -0.39 is 0 Å². The highest BCUT2D eigenvalue weighted by molar-refractivity contribution is 7.05. The van der Waals surface area contributed by atoms with E-state index in [-0.39, 0.29) is 6.04 Å². The monoisotopic (exact) mass is 284 g/mol. The summed E-state index contributed by atoms with van der Waals surface area (Å²) in [6, 6.07) is 12.7. The second-order valence-electron chi connectivity index (χ2n) is 4.63. The van der Waals surface area contributed by atoms with E-state index in [9.17, 15) is 0 Å². The Kier molecular flexibility index (Phi) is 3.99. The van der Waals surface area contributed by atoms with Crippen molar-refractivity contribution in [2.75, 3.05) is 6.54 Å². The van der Waals surface area contributed by atoms with Gasteiger partial charge >= 0.3 is 0 Å². The number of benzene rings is 1. The third kappa shape index (κ3) is 2.84. The molecule has 0 radical (unpaired) electrons. The van der Waals surface area contributed by atoms with Crippen molar-refractivity contribution in [3.63, 3.8) is 0 Å². The number of hydrogen-bond donors (Lipinski definition) is 1. The third-order valence-electron chi connectivity index (χ3n) is 3.24. The second kappa shape index (κ2) is 6.07. The largest absolute Gasteiger partial charge is 0.309 e.